The molecule has 1 aromatic carbocycles. The zero-order chi connectivity index (χ0) is 17.1. The van der Waals surface area contributed by atoms with E-state index in [1.807, 2.05) is 24.3 Å². The number of rotatable bonds is 5. The van der Waals surface area contributed by atoms with Gasteiger partial charge in [0.25, 0.3) is 0 Å². The fourth-order valence-corrected chi connectivity index (χ4v) is 4.16. The molecule has 5 nitrogen and oxygen atoms in total. The lowest BCUT2D eigenvalue weighted by molar-refractivity contribution is 0.373. The molecule has 25 heavy (non-hydrogen) atoms. The number of pyridine rings is 1. The Morgan fingerprint density at radius 3 is 2.76 bits per heavy atom. The lowest BCUT2D eigenvalue weighted by atomic mass is 9.89. The molecule has 0 bridgehead atoms. The molecule has 3 N–H and O–H groups in total. The Bertz CT molecular complexity index is 840. The molecule has 0 radical (unpaired) electrons. The standard InChI is InChI=1S/C19H22N4OS/c20-18-9-7-15(12-21-18)24-14-6-8-16-17(10-14)25-19(23-16)22-11-13-4-2-1-3-5-13/h6-10,12-13H,1-5,11H2,(H2,20,21)(H,22,23). The minimum absolute atomic E-state index is 0.485. The smallest absolute Gasteiger partial charge is 0.183 e. The van der Waals surface area contributed by atoms with Crippen molar-refractivity contribution in [2.24, 2.45) is 5.92 Å². The second-order valence-corrected chi connectivity index (χ2v) is 7.58. The van der Waals surface area contributed by atoms with Gasteiger partial charge in [0.1, 0.15) is 17.3 Å². The van der Waals surface area contributed by atoms with Crippen molar-refractivity contribution < 1.29 is 4.74 Å². The zero-order valence-electron chi connectivity index (χ0n) is 14.1. The van der Waals surface area contributed by atoms with Crippen LogP contribution in [0.5, 0.6) is 11.5 Å². The second kappa shape index (κ2) is 7.27. The van der Waals surface area contributed by atoms with Crippen LogP contribution < -0.4 is 15.8 Å². The molecule has 0 saturated heterocycles. The second-order valence-electron chi connectivity index (χ2n) is 6.55. The predicted octanol–water partition coefficient (Wildman–Crippen LogP) is 5.06. The van der Waals surface area contributed by atoms with E-state index < -0.39 is 0 Å². The van der Waals surface area contributed by atoms with E-state index in [9.17, 15) is 0 Å². The lowest BCUT2D eigenvalue weighted by Gasteiger charge is -2.21. The van der Waals surface area contributed by atoms with Gasteiger partial charge in [-0.2, -0.15) is 0 Å². The zero-order valence-corrected chi connectivity index (χ0v) is 14.9. The summed E-state index contributed by atoms with van der Waals surface area (Å²) < 4.78 is 6.96. The van der Waals surface area contributed by atoms with Crippen molar-refractivity contribution in [2.75, 3.05) is 17.6 Å². The van der Waals surface area contributed by atoms with Crippen LogP contribution in [-0.4, -0.2) is 16.5 Å². The van der Waals surface area contributed by atoms with E-state index in [0.717, 1.165) is 33.6 Å². The Kier molecular flexibility index (Phi) is 4.70. The van der Waals surface area contributed by atoms with Crippen LogP contribution in [0.3, 0.4) is 0 Å². The predicted molar refractivity (Wildman–Crippen MR) is 103 cm³/mol. The van der Waals surface area contributed by atoms with Crippen LogP contribution in [0.2, 0.25) is 0 Å². The van der Waals surface area contributed by atoms with Gasteiger partial charge in [-0.15, -0.1) is 0 Å². The number of benzene rings is 1. The number of hydrogen-bond donors (Lipinski definition) is 2. The Labute approximate surface area is 151 Å². The summed E-state index contributed by atoms with van der Waals surface area (Å²) in [5.74, 6) is 2.73. The summed E-state index contributed by atoms with van der Waals surface area (Å²) in [5.41, 5.74) is 6.60. The van der Waals surface area contributed by atoms with Crippen LogP contribution in [0.4, 0.5) is 10.9 Å². The molecular weight excluding hydrogens is 332 g/mol. The van der Waals surface area contributed by atoms with Gasteiger partial charge in [0, 0.05) is 12.6 Å². The number of nitrogens with two attached hydrogens (primary N) is 1. The molecule has 3 aromatic rings. The van der Waals surface area contributed by atoms with Crippen molar-refractivity contribution >= 4 is 32.5 Å². The molecule has 6 heteroatoms. The SMILES string of the molecule is Nc1ccc(Oc2ccc3nc(NCC4CCCCC4)sc3c2)cn1. The molecule has 130 valence electrons. The Hall–Kier alpha value is -2.34. The Morgan fingerprint density at radius 1 is 1.12 bits per heavy atom. The fourth-order valence-electron chi connectivity index (χ4n) is 3.26. The van der Waals surface area contributed by atoms with Crippen LogP contribution >= 0.6 is 11.3 Å². The first-order valence-electron chi connectivity index (χ1n) is 8.80. The van der Waals surface area contributed by atoms with Gasteiger partial charge in [-0.25, -0.2) is 9.97 Å². The first kappa shape index (κ1) is 16.1. The molecule has 1 saturated carbocycles. The van der Waals surface area contributed by atoms with E-state index in [-0.39, 0.29) is 0 Å². The third-order valence-electron chi connectivity index (χ3n) is 4.62. The molecule has 0 unspecified atom stereocenters. The maximum atomic E-state index is 5.85. The van der Waals surface area contributed by atoms with E-state index in [0.29, 0.717) is 11.6 Å². The van der Waals surface area contributed by atoms with Crippen molar-refractivity contribution in [3.05, 3.63) is 36.5 Å². The Morgan fingerprint density at radius 2 is 1.96 bits per heavy atom. The highest BCUT2D eigenvalue weighted by molar-refractivity contribution is 7.22. The lowest BCUT2D eigenvalue weighted by Crippen LogP contribution is -2.16. The largest absolute Gasteiger partial charge is 0.456 e. The highest BCUT2D eigenvalue weighted by atomic mass is 32.1. The number of nitrogens with one attached hydrogen (secondary N) is 1. The van der Waals surface area contributed by atoms with Gasteiger partial charge < -0.3 is 15.8 Å². The van der Waals surface area contributed by atoms with E-state index in [2.05, 4.69) is 15.3 Å². The minimum atomic E-state index is 0.485. The quantitative estimate of drug-likeness (QED) is 0.670. The normalized spacial score (nSPS) is 15.4. The monoisotopic (exact) mass is 354 g/mol. The summed E-state index contributed by atoms with van der Waals surface area (Å²) in [6.07, 6.45) is 8.43. The van der Waals surface area contributed by atoms with Gasteiger partial charge >= 0.3 is 0 Å². The summed E-state index contributed by atoms with van der Waals surface area (Å²) in [7, 11) is 0. The molecule has 2 aromatic heterocycles. The minimum Gasteiger partial charge on any atom is -0.456 e. The molecular formula is C19H22N4OS. The third kappa shape index (κ3) is 4.02. The molecule has 4 rings (SSSR count). The average molecular weight is 354 g/mol. The van der Waals surface area contributed by atoms with Crippen LogP contribution in [0.25, 0.3) is 10.2 Å². The number of hydrogen-bond acceptors (Lipinski definition) is 6. The summed E-state index contributed by atoms with van der Waals surface area (Å²) in [4.78, 5) is 8.72. The van der Waals surface area contributed by atoms with Crippen molar-refractivity contribution in [2.45, 2.75) is 32.1 Å². The number of aromatic nitrogens is 2. The molecule has 2 heterocycles. The average Bonchev–Trinajstić information content (AvgIpc) is 3.05. The maximum Gasteiger partial charge on any atom is 0.183 e. The first-order valence-corrected chi connectivity index (χ1v) is 9.62. The number of nitrogen functional groups attached to an aromatic ring is 1. The highest BCUT2D eigenvalue weighted by Gasteiger charge is 2.14. The summed E-state index contributed by atoms with van der Waals surface area (Å²) >= 11 is 1.68. The molecule has 1 fully saturated rings. The van der Waals surface area contributed by atoms with Crippen LogP contribution in [0.1, 0.15) is 32.1 Å². The van der Waals surface area contributed by atoms with Gasteiger partial charge in [-0.05, 0) is 43.0 Å². The highest BCUT2D eigenvalue weighted by Crippen LogP contribution is 2.32. The van der Waals surface area contributed by atoms with E-state index in [1.54, 1.807) is 23.6 Å². The van der Waals surface area contributed by atoms with Crippen LogP contribution in [-0.2, 0) is 0 Å². The van der Waals surface area contributed by atoms with Crippen LogP contribution in [0.15, 0.2) is 36.5 Å². The van der Waals surface area contributed by atoms with Crippen molar-refractivity contribution in [1.29, 1.82) is 0 Å². The number of nitrogens with zero attached hydrogens (tertiary/aromatic N) is 2. The number of anilines is 2. The first-order chi connectivity index (χ1) is 12.3. The van der Waals surface area contributed by atoms with Gasteiger partial charge in [-0.1, -0.05) is 30.6 Å². The van der Waals surface area contributed by atoms with Crippen LogP contribution in [0, 0.1) is 5.92 Å². The van der Waals surface area contributed by atoms with Crippen molar-refractivity contribution in [3.8, 4) is 11.5 Å². The van der Waals surface area contributed by atoms with Gasteiger partial charge in [-0.3, -0.25) is 0 Å². The molecule has 0 aliphatic heterocycles. The molecule has 0 amide bonds. The summed E-state index contributed by atoms with van der Waals surface area (Å²) in [6.45, 7) is 1.03. The van der Waals surface area contributed by atoms with E-state index in [4.69, 9.17) is 10.5 Å². The van der Waals surface area contributed by atoms with E-state index >= 15 is 0 Å². The molecule has 1 aliphatic rings. The number of thiazole rings is 1. The molecule has 0 atom stereocenters. The summed E-state index contributed by atoms with van der Waals surface area (Å²) in [6, 6.07) is 9.50. The number of fused-ring (bicyclic) bond motifs is 1. The molecule has 1 aliphatic carbocycles. The fraction of sp³-hybridized carbons (Fsp3) is 0.368. The topological polar surface area (TPSA) is 73.1 Å². The van der Waals surface area contributed by atoms with Crippen molar-refractivity contribution in [3.63, 3.8) is 0 Å². The van der Waals surface area contributed by atoms with E-state index in [1.165, 1.54) is 32.1 Å². The van der Waals surface area contributed by atoms with Crippen molar-refractivity contribution in [1.82, 2.24) is 9.97 Å². The third-order valence-corrected chi connectivity index (χ3v) is 5.60. The van der Waals surface area contributed by atoms with Gasteiger partial charge in [0.15, 0.2) is 5.13 Å². The Balaban J connectivity index is 1.44. The van der Waals surface area contributed by atoms with Gasteiger partial charge in [0.2, 0.25) is 0 Å². The van der Waals surface area contributed by atoms with Gasteiger partial charge in [0.05, 0.1) is 16.4 Å². The summed E-state index contributed by atoms with van der Waals surface area (Å²) in [5, 5.41) is 4.51. The molecule has 0 spiro atoms. The number of ether oxygens (including phenoxy) is 1. The maximum absolute atomic E-state index is 5.85.